The maximum atomic E-state index is 8.89. The standard InChI is InChI=1S/3C2H4O2.Ag/c3*1-2(3)4;/h3*1H3,(H,3,4);/p-3. The molecule has 0 heterocycles. The van der Waals surface area contributed by atoms with Gasteiger partial charge in [-0.15, -0.1) is 0 Å². The zero-order chi connectivity index (χ0) is 10.7. The maximum Gasteiger partial charge on any atom is 0.0383 e. The van der Waals surface area contributed by atoms with Crippen LogP contribution in [0, 0.1) is 0 Å². The van der Waals surface area contributed by atoms with Gasteiger partial charge in [0.15, 0.2) is 0 Å². The first kappa shape index (κ1) is 22.7. The smallest absolute Gasteiger partial charge is 0.0383 e. The average molecular weight is 285 g/mol. The normalized spacial score (nSPS) is 5.77. The zero-order valence-corrected chi connectivity index (χ0v) is 8.73. The van der Waals surface area contributed by atoms with Crippen LogP contribution in [0.15, 0.2) is 0 Å². The molecule has 0 rings (SSSR count). The van der Waals surface area contributed by atoms with Crippen LogP contribution in [-0.2, 0) is 36.8 Å². The van der Waals surface area contributed by atoms with E-state index in [4.69, 9.17) is 29.7 Å². The average Bonchev–Trinajstić information content (AvgIpc) is 1.54. The van der Waals surface area contributed by atoms with Gasteiger partial charge in [0.25, 0.3) is 0 Å². The van der Waals surface area contributed by atoms with Crippen LogP contribution in [-0.4, -0.2) is 17.9 Å². The van der Waals surface area contributed by atoms with E-state index in [0.717, 1.165) is 20.8 Å². The maximum absolute atomic E-state index is 8.89. The van der Waals surface area contributed by atoms with E-state index in [2.05, 4.69) is 0 Å². The van der Waals surface area contributed by atoms with Crippen molar-refractivity contribution in [3.8, 4) is 0 Å². The first-order valence-electron chi connectivity index (χ1n) is 2.72. The molecule has 0 aromatic rings. The van der Waals surface area contributed by atoms with Crippen LogP contribution in [0.3, 0.4) is 0 Å². The number of rotatable bonds is 0. The van der Waals surface area contributed by atoms with Crippen molar-refractivity contribution in [2.24, 2.45) is 0 Å². The molecule has 0 saturated carbocycles. The summed E-state index contributed by atoms with van der Waals surface area (Å²) in [6.07, 6.45) is 0. The van der Waals surface area contributed by atoms with Gasteiger partial charge in [0.2, 0.25) is 0 Å². The Bertz CT molecular complexity index is 115. The summed E-state index contributed by atoms with van der Waals surface area (Å²) in [5.41, 5.74) is 0. The Hall–Kier alpha value is -0.850. The van der Waals surface area contributed by atoms with E-state index in [1.54, 1.807) is 0 Å². The topological polar surface area (TPSA) is 120 Å². The van der Waals surface area contributed by atoms with Gasteiger partial charge in [-0.05, 0) is 20.8 Å². The van der Waals surface area contributed by atoms with Crippen LogP contribution >= 0.6 is 0 Å². The molecule has 7 heteroatoms. The van der Waals surface area contributed by atoms with Gasteiger partial charge in [0.1, 0.15) is 0 Å². The quantitative estimate of drug-likeness (QED) is 0.422. The number of carboxylic acid groups (broad SMARTS) is 3. The Morgan fingerprint density at radius 3 is 0.692 bits per heavy atom. The molecular formula is C6H9AgO6-3. The van der Waals surface area contributed by atoms with Gasteiger partial charge in [-0.25, -0.2) is 0 Å². The van der Waals surface area contributed by atoms with Crippen molar-refractivity contribution in [2.75, 3.05) is 0 Å². The molecule has 0 aliphatic heterocycles. The minimum Gasteiger partial charge on any atom is -0.550 e. The van der Waals surface area contributed by atoms with Crippen LogP contribution < -0.4 is 15.3 Å². The summed E-state index contributed by atoms with van der Waals surface area (Å²) in [5.74, 6) is -3.25. The molecule has 0 atom stereocenters. The van der Waals surface area contributed by atoms with E-state index in [1.807, 2.05) is 0 Å². The van der Waals surface area contributed by atoms with Gasteiger partial charge in [0, 0.05) is 40.3 Å². The van der Waals surface area contributed by atoms with Crippen LogP contribution in [0.1, 0.15) is 20.8 Å². The predicted octanol–water partition coefficient (Wildman–Crippen LogP) is -3.73. The minimum atomic E-state index is -1.08. The summed E-state index contributed by atoms with van der Waals surface area (Å²) in [7, 11) is 0. The first-order chi connectivity index (χ1) is 5.20. The molecule has 0 aliphatic carbocycles. The SMILES string of the molecule is CC(=O)[O-].CC(=O)[O-].CC(=O)[O-].[Ag]. The van der Waals surface area contributed by atoms with Crippen LogP contribution in [0.2, 0.25) is 0 Å². The van der Waals surface area contributed by atoms with E-state index in [-0.39, 0.29) is 22.4 Å². The first-order valence-corrected chi connectivity index (χ1v) is 2.72. The Morgan fingerprint density at radius 2 is 0.692 bits per heavy atom. The number of carbonyl (C=O) groups is 3. The van der Waals surface area contributed by atoms with Crippen LogP contribution in [0.25, 0.3) is 0 Å². The molecule has 13 heavy (non-hydrogen) atoms. The third-order valence-corrected chi connectivity index (χ3v) is 0. The molecule has 0 N–H and O–H groups in total. The van der Waals surface area contributed by atoms with Gasteiger partial charge in [-0.2, -0.15) is 0 Å². The minimum absolute atomic E-state index is 0. The second-order valence-electron chi connectivity index (χ2n) is 1.47. The summed E-state index contributed by atoms with van der Waals surface area (Å²) in [6.45, 7) is 2.92. The van der Waals surface area contributed by atoms with Crippen molar-refractivity contribution < 1.29 is 52.1 Å². The van der Waals surface area contributed by atoms with Gasteiger partial charge in [-0.1, -0.05) is 0 Å². The van der Waals surface area contributed by atoms with Gasteiger partial charge in [0.05, 0.1) is 0 Å². The largest absolute Gasteiger partial charge is 0.550 e. The molecule has 0 spiro atoms. The summed E-state index contributed by atoms with van der Waals surface area (Å²) in [4.78, 5) is 26.7. The summed E-state index contributed by atoms with van der Waals surface area (Å²) in [5, 5.41) is 26.7. The number of carboxylic acids is 3. The van der Waals surface area contributed by atoms with Crippen LogP contribution in [0.4, 0.5) is 0 Å². The van der Waals surface area contributed by atoms with Crippen molar-refractivity contribution in [3.05, 3.63) is 0 Å². The molecule has 6 nitrogen and oxygen atoms in total. The zero-order valence-electron chi connectivity index (χ0n) is 7.25. The fraction of sp³-hybridized carbons (Fsp3) is 0.500. The third-order valence-electron chi connectivity index (χ3n) is 0. The molecule has 0 saturated heterocycles. The predicted molar refractivity (Wildman–Crippen MR) is 32.0 cm³/mol. The third kappa shape index (κ3) is 1290. The van der Waals surface area contributed by atoms with Crippen molar-refractivity contribution >= 4 is 17.9 Å². The molecular weight excluding hydrogens is 276 g/mol. The molecule has 83 valence electrons. The monoisotopic (exact) mass is 284 g/mol. The Labute approximate surface area is 91.1 Å². The van der Waals surface area contributed by atoms with Gasteiger partial charge in [-0.3, -0.25) is 0 Å². The number of aliphatic carboxylic acids is 3. The van der Waals surface area contributed by atoms with E-state index in [9.17, 15) is 0 Å². The second-order valence-corrected chi connectivity index (χ2v) is 1.47. The molecule has 0 aromatic carbocycles. The van der Waals surface area contributed by atoms with E-state index < -0.39 is 17.9 Å². The van der Waals surface area contributed by atoms with Crippen molar-refractivity contribution in [3.63, 3.8) is 0 Å². The van der Waals surface area contributed by atoms with Crippen LogP contribution in [0.5, 0.6) is 0 Å². The molecule has 0 amide bonds. The number of hydrogen-bond acceptors (Lipinski definition) is 6. The van der Waals surface area contributed by atoms with E-state index in [0.29, 0.717) is 0 Å². The fourth-order valence-corrected chi connectivity index (χ4v) is 0. The fourth-order valence-electron chi connectivity index (χ4n) is 0. The molecule has 0 unspecified atom stereocenters. The number of hydrogen-bond donors (Lipinski definition) is 0. The molecule has 0 aliphatic rings. The van der Waals surface area contributed by atoms with E-state index in [1.165, 1.54) is 0 Å². The Kier molecular flexibility index (Phi) is 30.3. The molecule has 0 aromatic heterocycles. The molecule has 0 fully saturated rings. The molecule has 0 bridgehead atoms. The van der Waals surface area contributed by atoms with Gasteiger partial charge >= 0.3 is 0 Å². The van der Waals surface area contributed by atoms with Crippen molar-refractivity contribution in [1.82, 2.24) is 0 Å². The second kappa shape index (κ2) is 17.3. The summed E-state index contributed by atoms with van der Waals surface area (Å²) < 4.78 is 0. The van der Waals surface area contributed by atoms with Crippen molar-refractivity contribution in [2.45, 2.75) is 20.8 Å². The Balaban J connectivity index is -0.0000000450. The summed E-state index contributed by atoms with van der Waals surface area (Å²) >= 11 is 0. The molecule has 1 radical (unpaired) electrons. The van der Waals surface area contributed by atoms with E-state index >= 15 is 0 Å². The summed E-state index contributed by atoms with van der Waals surface area (Å²) in [6, 6.07) is 0. The van der Waals surface area contributed by atoms with Gasteiger partial charge < -0.3 is 29.7 Å². The number of carbonyl (C=O) groups excluding carboxylic acids is 3. The Morgan fingerprint density at radius 1 is 0.692 bits per heavy atom. The van der Waals surface area contributed by atoms with Crippen molar-refractivity contribution in [1.29, 1.82) is 0 Å².